The lowest BCUT2D eigenvalue weighted by molar-refractivity contribution is 0.463. The van der Waals surface area contributed by atoms with Crippen molar-refractivity contribution in [1.82, 2.24) is 9.62 Å². The smallest absolute Gasteiger partial charge is 0.241 e. The number of aryl methyl sites for hydroxylation is 1. The van der Waals surface area contributed by atoms with Crippen LogP contribution in [-0.4, -0.2) is 40.5 Å². The Morgan fingerprint density at radius 1 is 1.17 bits per heavy atom. The normalized spacial score (nSPS) is 11.1. The fourth-order valence-electron chi connectivity index (χ4n) is 1.21. The van der Waals surface area contributed by atoms with Gasteiger partial charge in [-0.1, -0.05) is 29.5 Å². The van der Waals surface area contributed by atoms with Gasteiger partial charge in [-0.2, -0.15) is 4.72 Å². The van der Waals surface area contributed by atoms with Gasteiger partial charge in [0.25, 0.3) is 0 Å². The molecule has 0 aliphatic rings. The molecule has 1 aromatic rings. The minimum absolute atomic E-state index is 0.129. The molecule has 1 rings (SSSR count). The second-order valence-electron chi connectivity index (χ2n) is 4.23. The lowest BCUT2D eigenvalue weighted by atomic mass is 10.2. The molecule has 0 spiro atoms. The predicted octanol–water partition coefficient (Wildman–Crippen LogP) is 0.838. The van der Waals surface area contributed by atoms with Gasteiger partial charge in [-0.25, -0.2) is 8.42 Å². The van der Waals surface area contributed by atoms with Gasteiger partial charge in [0.2, 0.25) is 10.0 Å². The third-order valence-electron chi connectivity index (χ3n) is 2.20. The van der Waals surface area contributed by atoms with Gasteiger partial charge >= 0.3 is 0 Å². The van der Waals surface area contributed by atoms with Crippen LogP contribution in [0.15, 0.2) is 29.2 Å². The molecule has 0 amide bonds. The molecule has 98 valence electrons. The van der Waals surface area contributed by atoms with Crippen LogP contribution in [0.5, 0.6) is 0 Å². The molecule has 0 atom stereocenters. The second-order valence-corrected chi connectivity index (χ2v) is 6.00. The Kier molecular flexibility index (Phi) is 5.35. The van der Waals surface area contributed by atoms with E-state index in [0.29, 0.717) is 6.54 Å². The van der Waals surface area contributed by atoms with Crippen LogP contribution in [0.25, 0.3) is 0 Å². The third kappa shape index (κ3) is 4.88. The highest BCUT2D eigenvalue weighted by atomic mass is 32.2. The minimum Gasteiger partial charge on any atom is -0.299 e. The van der Waals surface area contributed by atoms with Crippen molar-refractivity contribution in [2.75, 3.05) is 27.2 Å². The van der Waals surface area contributed by atoms with E-state index in [4.69, 9.17) is 0 Å². The molecule has 1 N–H and O–H groups in total. The summed E-state index contributed by atoms with van der Waals surface area (Å²) in [7, 11) is 0.372. The molecule has 0 saturated carbocycles. The topological polar surface area (TPSA) is 49.4 Å². The quantitative estimate of drug-likeness (QED) is 0.822. The lowest BCUT2D eigenvalue weighted by Crippen LogP contribution is -2.24. The van der Waals surface area contributed by atoms with Gasteiger partial charge in [0.1, 0.15) is 0 Å². The molecule has 4 nitrogen and oxygen atoms in total. The van der Waals surface area contributed by atoms with E-state index in [0.717, 1.165) is 5.56 Å². The maximum Gasteiger partial charge on any atom is 0.241 e. The standard InChI is InChI=1S/C13H18N2O2S/c1-12-6-8-13(9-7-12)18(16,17)14-10-4-5-11-15(2)3/h6-9,14H,10-11H2,1-3H3. The number of benzene rings is 1. The highest BCUT2D eigenvalue weighted by Crippen LogP contribution is 2.09. The van der Waals surface area contributed by atoms with E-state index >= 15 is 0 Å². The Morgan fingerprint density at radius 2 is 1.78 bits per heavy atom. The molecule has 1 aromatic carbocycles. The molecule has 0 radical (unpaired) electrons. The summed E-state index contributed by atoms with van der Waals surface area (Å²) in [6, 6.07) is 6.72. The molecule has 0 aliphatic carbocycles. The van der Waals surface area contributed by atoms with Gasteiger partial charge in [0.05, 0.1) is 18.0 Å². The van der Waals surface area contributed by atoms with Crippen molar-refractivity contribution in [3.63, 3.8) is 0 Å². The summed E-state index contributed by atoms with van der Waals surface area (Å²) in [5.41, 5.74) is 1.03. The van der Waals surface area contributed by atoms with Crippen molar-refractivity contribution < 1.29 is 8.42 Å². The van der Waals surface area contributed by atoms with E-state index in [-0.39, 0.29) is 11.4 Å². The Labute approximate surface area is 109 Å². The summed E-state index contributed by atoms with van der Waals surface area (Å²) in [5.74, 6) is 5.64. The second kappa shape index (κ2) is 6.55. The molecule has 0 heterocycles. The molecule has 0 unspecified atom stereocenters. The molecule has 18 heavy (non-hydrogen) atoms. The number of rotatable bonds is 4. The zero-order valence-corrected chi connectivity index (χ0v) is 11.7. The molecular weight excluding hydrogens is 248 g/mol. The van der Waals surface area contributed by atoms with E-state index in [1.807, 2.05) is 25.9 Å². The average Bonchev–Trinajstić information content (AvgIpc) is 2.28. The van der Waals surface area contributed by atoms with Crippen LogP contribution in [0.3, 0.4) is 0 Å². The van der Waals surface area contributed by atoms with Crippen molar-refractivity contribution >= 4 is 10.0 Å². The maximum atomic E-state index is 11.9. The van der Waals surface area contributed by atoms with Crippen molar-refractivity contribution in [2.45, 2.75) is 11.8 Å². The van der Waals surface area contributed by atoms with Gasteiger partial charge < -0.3 is 0 Å². The summed E-state index contributed by atoms with van der Waals surface area (Å²) in [4.78, 5) is 2.18. The first kappa shape index (κ1) is 14.7. The Hall–Kier alpha value is -1.35. The maximum absolute atomic E-state index is 11.9. The number of sulfonamides is 1. The molecule has 0 aliphatic heterocycles. The Balaban J connectivity index is 2.60. The molecule has 0 bridgehead atoms. The summed E-state index contributed by atoms with van der Waals surface area (Å²) in [6.07, 6.45) is 0. The third-order valence-corrected chi connectivity index (χ3v) is 3.62. The first-order valence-corrected chi connectivity index (χ1v) is 7.07. The first-order valence-electron chi connectivity index (χ1n) is 5.58. The molecule has 0 fully saturated rings. The SMILES string of the molecule is Cc1ccc(S(=O)(=O)NCC#CCN(C)C)cc1. The van der Waals surface area contributed by atoms with Crippen molar-refractivity contribution in [1.29, 1.82) is 0 Å². The summed E-state index contributed by atoms with van der Waals surface area (Å²) < 4.78 is 26.2. The fraction of sp³-hybridized carbons (Fsp3) is 0.385. The molecule has 5 heteroatoms. The Bertz CT molecular complexity index is 537. The minimum atomic E-state index is -3.44. The predicted molar refractivity (Wildman–Crippen MR) is 72.7 cm³/mol. The lowest BCUT2D eigenvalue weighted by Gasteiger charge is -2.04. The van der Waals surface area contributed by atoms with Crippen molar-refractivity contribution in [2.24, 2.45) is 0 Å². The Morgan fingerprint density at radius 3 is 2.33 bits per heavy atom. The van der Waals surface area contributed by atoms with Gasteiger partial charge in [-0.3, -0.25) is 4.90 Å². The van der Waals surface area contributed by atoms with E-state index in [9.17, 15) is 8.42 Å². The van der Waals surface area contributed by atoms with Gasteiger partial charge in [-0.05, 0) is 33.2 Å². The van der Waals surface area contributed by atoms with Gasteiger partial charge in [0.15, 0.2) is 0 Å². The van der Waals surface area contributed by atoms with Gasteiger partial charge in [0, 0.05) is 0 Å². The van der Waals surface area contributed by atoms with Crippen molar-refractivity contribution in [3.05, 3.63) is 29.8 Å². The van der Waals surface area contributed by atoms with Crippen LogP contribution >= 0.6 is 0 Å². The summed E-state index contributed by atoms with van der Waals surface area (Å²) >= 11 is 0. The van der Waals surface area contributed by atoms with Gasteiger partial charge in [-0.15, -0.1) is 0 Å². The monoisotopic (exact) mass is 266 g/mol. The van der Waals surface area contributed by atoms with E-state index in [2.05, 4.69) is 16.6 Å². The number of nitrogens with one attached hydrogen (secondary N) is 1. The largest absolute Gasteiger partial charge is 0.299 e. The zero-order chi connectivity index (χ0) is 13.6. The van der Waals surface area contributed by atoms with Crippen molar-refractivity contribution in [3.8, 4) is 11.8 Å². The van der Waals surface area contributed by atoms with Crippen LogP contribution < -0.4 is 4.72 Å². The highest BCUT2D eigenvalue weighted by Gasteiger charge is 2.11. The van der Waals surface area contributed by atoms with Crippen LogP contribution in [0.4, 0.5) is 0 Å². The van der Waals surface area contributed by atoms with Crippen LogP contribution in [0.1, 0.15) is 5.56 Å². The molecule has 0 aromatic heterocycles. The van der Waals surface area contributed by atoms with Crippen LogP contribution in [-0.2, 0) is 10.0 Å². The van der Waals surface area contributed by atoms with Crippen LogP contribution in [0, 0.1) is 18.8 Å². The van der Waals surface area contributed by atoms with E-state index in [1.165, 1.54) is 0 Å². The summed E-state index contributed by atoms with van der Waals surface area (Å²) in [5, 5.41) is 0. The first-order chi connectivity index (χ1) is 8.42. The van der Waals surface area contributed by atoms with E-state index in [1.54, 1.807) is 24.3 Å². The molecule has 0 saturated heterocycles. The fourth-order valence-corrected chi connectivity index (χ4v) is 2.13. The molecular formula is C13H18N2O2S. The van der Waals surface area contributed by atoms with Crippen LogP contribution in [0.2, 0.25) is 0 Å². The van der Waals surface area contributed by atoms with E-state index < -0.39 is 10.0 Å². The highest BCUT2D eigenvalue weighted by molar-refractivity contribution is 7.89. The number of hydrogen-bond acceptors (Lipinski definition) is 3. The average molecular weight is 266 g/mol. The summed E-state index contributed by atoms with van der Waals surface area (Å²) in [6.45, 7) is 2.66. The number of nitrogens with zero attached hydrogens (tertiary/aromatic N) is 1. The number of hydrogen-bond donors (Lipinski definition) is 1. The zero-order valence-electron chi connectivity index (χ0n) is 10.9.